The van der Waals surface area contributed by atoms with Crippen LogP contribution in [0.1, 0.15) is 5.56 Å². The number of rotatable bonds is 3. The molecule has 1 aromatic carbocycles. The Balaban J connectivity index is 2.48. The fraction of sp³-hybridized carbons (Fsp3) is 0.182. The van der Waals surface area contributed by atoms with E-state index in [2.05, 4.69) is 5.16 Å². The number of anilines is 1. The van der Waals surface area contributed by atoms with Crippen LogP contribution in [-0.4, -0.2) is 12.3 Å². The summed E-state index contributed by atoms with van der Waals surface area (Å²) < 4.78 is 9.95. The minimum atomic E-state index is 0.332. The highest BCUT2D eigenvalue weighted by atomic mass is 16.5. The number of ether oxygens (including phenoxy) is 1. The minimum absolute atomic E-state index is 0.332. The van der Waals surface area contributed by atoms with E-state index in [1.54, 1.807) is 13.3 Å². The summed E-state index contributed by atoms with van der Waals surface area (Å²) in [6.07, 6.45) is 1.61. The molecule has 2 rings (SSSR count). The van der Waals surface area contributed by atoms with Crippen molar-refractivity contribution < 1.29 is 9.26 Å². The molecule has 4 heteroatoms. The molecule has 0 unspecified atom stereocenters. The van der Waals surface area contributed by atoms with Gasteiger partial charge in [0.05, 0.1) is 18.4 Å². The molecule has 0 bridgehead atoms. The van der Waals surface area contributed by atoms with Crippen molar-refractivity contribution in [2.45, 2.75) is 6.61 Å². The molecule has 2 aromatic rings. The molecule has 4 nitrogen and oxygen atoms in total. The number of methoxy groups -OCH3 is 1. The number of aromatic nitrogens is 1. The molecule has 0 aliphatic carbocycles. The van der Waals surface area contributed by atoms with Gasteiger partial charge in [-0.05, 0) is 11.1 Å². The van der Waals surface area contributed by atoms with Crippen molar-refractivity contribution in [3.8, 4) is 11.1 Å². The van der Waals surface area contributed by atoms with Crippen LogP contribution in [0.4, 0.5) is 5.88 Å². The van der Waals surface area contributed by atoms with Crippen molar-refractivity contribution in [1.82, 2.24) is 5.16 Å². The average molecular weight is 204 g/mol. The highest BCUT2D eigenvalue weighted by Gasteiger charge is 2.10. The molecule has 2 N–H and O–H groups in total. The predicted molar refractivity (Wildman–Crippen MR) is 57.1 cm³/mol. The normalized spacial score (nSPS) is 10.5. The summed E-state index contributed by atoms with van der Waals surface area (Å²) in [7, 11) is 1.66. The molecule has 1 aromatic heterocycles. The molecule has 0 fully saturated rings. The molecule has 0 spiro atoms. The van der Waals surface area contributed by atoms with E-state index < -0.39 is 0 Å². The molecule has 0 saturated carbocycles. The maximum atomic E-state index is 5.67. The Labute approximate surface area is 87.6 Å². The van der Waals surface area contributed by atoms with Gasteiger partial charge in [0, 0.05) is 7.11 Å². The van der Waals surface area contributed by atoms with E-state index in [4.69, 9.17) is 15.0 Å². The molecule has 0 saturated heterocycles. The molecule has 0 aliphatic heterocycles. The molecule has 0 aliphatic rings. The van der Waals surface area contributed by atoms with Gasteiger partial charge in [-0.25, -0.2) is 0 Å². The summed E-state index contributed by atoms with van der Waals surface area (Å²) in [4.78, 5) is 0. The predicted octanol–water partition coefficient (Wildman–Crippen LogP) is 2.07. The summed E-state index contributed by atoms with van der Waals surface area (Å²) >= 11 is 0. The van der Waals surface area contributed by atoms with Crippen LogP contribution in [0.3, 0.4) is 0 Å². The SMILES string of the molecule is COCc1ccccc1-c1cnoc1N. The van der Waals surface area contributed by atoms with Gasteiger partial charge < -0.3 is 15.0 Å². The molecule has 1 heterocycles. The van der Waals surface area contributed by atoms with E-state index in [1.165, 1.54) is 0 Å². The highest BCUT2D eigenvalue weighted by Crippen LogP contribution is 2.28. The Kier molecular flexibility index (Phi) is 2.69. The quantitative estimate of drug-likeness (QED) is 0.831. The van der Waals surface area contributed by atoms with Crippen molar-refractivity contribution in [1.29, 1.82) is 0 Å². The van der Waals surface area contributed by atoms with Gasteiger partial charge in [0.1, 0.15) is 0 Å². The summed E-state index contributed by atoms with van der Waals surface area (Å²) in [5.41, 5.74) is 8.54. The fourth-order valence-corrected chi connectivity index (χ4v) is 1.52. The maximum absolute atomic E-state index is 5.67. The van der Waals surface area contributed by atoms with Gasteiger partial charge in [-0.1, -0.05) is 29.4 Å². The van der Waals surface area contributed by atoms with E-state index in [0.29, 0.717) is 12.5 Å². The van der Waals surface area contributed by atoms with Crippen molar-refractivity contribution in [3.05, 3.63) is 36.0 Å². The number of hydrogen-bond acceptors (Lipinski definition) is 4. The summed E-state index contributed by atoms with van der Waals surface area (Å²) in [5, 5.41) is 3.66. The first-order valence-electron chi connectivity index (χ1n) is 4.60. The monoisotopic (exact) mass is 204 g/mol. The van der Waals surface area contributed by atoms with Gasteiger partial charge in [0.2, 0.25) is 5.88 Å². The number of nitrogens with two attached hydrogens (primary N) is 1. The average Bonchev–Trinajstić information content (AvgIpc) is 2.66. The van der Waals surface area contributed by atoms with E-state index in [1.807, 2.05) is 24.3 Å². The van der Waals surface area contributed by atoms with E-state index in [0.717, 1.165) is 16.7 Å². The van der Waals surface area contributed by atoms with Crippen LogP contribution in [0.25, 0.3) is 11.1 Å². The first kappa shape index (κ1) is 9.73. The van der Waals surface area contributed by atoms with E-state index in [9.17, 15) is 0 Å². The van der Waals surface area contributed by atoms with E-state index in [-0.39, 0.29) is 0 Å². The molecule has 0 amide bonds. The second-order valence-corrected chi connectivity index (χ2v) is 3.19. The second kappa shape index (κ2) is 4.14. The number of nitrogens with zero attached hydrogens (tertiary/aromatic N) is 1. The van der Waals surface area contributed by atoms with Crippen LogP contribution < -0.4 is 5.73 Å². The van der Waals surface area contributed by atoms with Crippen molar-refractivity contribution in [3.63, 3.8) is 0 Å². The van der Waals surface area contributed by atoms with Crippen molar-refractivity contribution in [2.24, 2.45) is 0 Å². The Bertz CT molecular complexity index is 451. The Hall–Kier alpha value is -1.81. The second-order valence-electron chi connectivity index (χ2n) is 3.19. The zero-order chi connectivity index (χ0) is 10.7. The largest absolute Gasteiger partial charge is 0.380 e. The lowest BCUT2D eigenvalue weighted by atomic mass is 10.0. The zero-order valence-corrected chi connectivity index (χ0v) is 8.43. The third-order valence-corrected chi connectivity index (χ3v) is 2.21. The molecule has 0 radical (unpaired) electrons. The van der Waals surface area contributed by atoms with Crippen LogP contribution in [-0.2, 0) is 11.3 Å². The van der Waals surface area contributed by atoms with Gasteiger partial charge in [-0.2, -0.15) is 0 Å². The Morgan fingerprint density at radius 3 is 2.80 bits per heavy atom. The van der Waals surface area contributed by atoms with Gasteiger partial charge in [0.15, 0.2) is 0 Å². The number of benzene rings is 1. The Morgan fingerprint density at radius 2 is 2.13 bits per heavy atom. The molecular formula is C11H12N2O2. The van der Waals surface area contributed by atoms with Crippen LogP contribution >= 0.6 is 0 Å². The van der Waals surface area contributed by atoms with Gasteiger partial charge in [-0.15, -0.1) is 0 Å². The third kappa shape index (κ3) is 1.85. The smallest absolute Gasteiger partial charge is 0.229 e. The molecular weight excluding hydrogens is 192 g/mol. The van der Waals surface area contributed by atoms with Crippen LogP contribution in [0, 0.1) is 0 Å². The van der Waals surface area contributed by atoms with Crippen LogP contribution in [0.2, 0.25) is 0 Å². The van der Waals surface area contributed by atoms with Crippen LogP contribution in [0.15, 0.2) is 35.0 Å². The molecule has 78 valence electrons. The maximum Gasteiger partial charge on any atom is 0.229 e. The first-order valence-corrected chi connectivity index (χ1v) is 4.60. The fourth-order valence-electron chi connectivity index (χ4n) is 1.52. The van der Waals surface area contributed by atoms with Gasteiger partial charge in [-0.3, -0.25) is 0 Å². The lowest BCUT2D eigenvalue weighted by Crippen LogP contribution is -1.93. The van der Waals surface area contributed by atoms with E-state index >= 15 is 0 Å². The minimum Gasteiger partial charge on any atom is -0.380 e. The van der Waals surface area contributed by atoms with Crippen LogP contribution in [0.5, 0.6) is 0 Å². The van der Waals surface area contributed by atoms with Gasteiger partial charge >= 0.3 is 0 Å². The molecule has 0 atom stereocenters. The summed E-state index contributed by atoms with van der Waals surface area (Å²) in [6, 6.07) is 7.87. The Morgan fingerprint density at radius 1 is 1.33 bits per heavy atom. The van der Waals surface area contributed by atoms with Gasteiger partial charge in [0.25, 0.3) is 0 Å². The third-order valence-electron chi connectivity index (χ3n) is 2.21. The number of nitrogen functional groups attached to an aromatic ring is 1. The van der Waals surface area contributed by atoms with Crippen molar-refractivity contribution >= 4 is 5.88 Å². The summed E-state index contributed by atoms with van der Waals surface area (Å²) in [5.74, 6) is 0.332. The molecule has 15 heavy (non-hydrogen) atoms. The summed E-state index contributed by atoms with van der Waals surface area (Å²) in [6.45, 7) is 0.542. The zero-order valence-electron chi connectivity index (χ0n) is 8.43. The standard InChI is InChI=1S/C11H12N2O2/c1-14-7-8-4-2-3-5-9(8)10-6-13-15-11(10)12/h2-6H,7,12H2,1H3. The highest BCUT2D eigenvalue weighted by molar-refractivity contribution is 5.74. The lowest BCUT2D eigenvalue weighted by molar-refractivity contribution is 0.185. The van der Waals surface area contributed by atoms with Crippen molar-refractivity contribution in [2.75, 3.05) is 12.8 Å². The number of hydrogen-bond donors (Lipinski definition) is 1. The first-order chi connectivity index (χ1) is 7.33. The lowest BCUT2D eigenvalue weighted by Gasteiger charge is -2.06. The topological polar surface area (TPSA) is 61.3 Å².